The van der Waals surface area contributed by atoms with Gasteiger partial charge in [-0.25, -0.2) is 4.98 Å². The maximum absolute atomic E-state index is 12.3. The number of nitrogens with zero attached hydrogens (tertiary/aromatic N) is 2. The van der Waals surface area contributed by atoms with Crippen LogP contribution >= 0.6 is 11.3 Å². The number of carbonyl (C=O) groups excluding carboxylic acids is 1. The summed E-state index contributed by atoms with van der Waals surface area (Å²) in [6, 6.07) is 1.30. The molecule has 2 N–H and O–H groups in total. The van der Waals surface area contributed by atoms with Gasteiger partial charge in [0.1, 0.15) is 11.9 Å². The summed E-state index contributed by atoms with van der Waals surface area (Å²) in [6.45, 7) is 1.35. The Bertz CT molecular complexity index is 650. The van der Waals surface area contributed by atoms with Crippen molar-refractivity contribution in [1.29, 1.82) is 0 Å². The van der Waals surface area contributed by atoms with Crippen molar-refractivity contribution in [2.45, 2.75) is 25.2 Å². The molecule has 2 aromatic rings. The normalized spacial score (nSPS) is 21.0. The predicted molar refractivity (Wildman–Crippen MR) is 83.3 cm³/mol. The van der Waals surface area contributed by atoms with Crippen molar-refractivity contribution in [2.24, 2.45) is 0 Å². The van der Waals surface area contributed by atoms with Gasteiger partial charge >= 0.3 is 0 Å². The molecule has 7 nitrogen and oxygen atoms in total. The summed E-state index contributed by atoms with van der Waals surface area (Å²) in [7, 11) is 0. The molecule has 2 atom stereocenters. The molecule has 23 heavy (non-hydrogen) atoms. The number of thiazole rings is 1. The summed E-state index contributed by atoms with van der Waals surface area (Å²) in [4.78, 5) is 20.2. The molecule has 0 radical (unpaired) electrons. The van der Waals surface area contributed by atoms with Crippen LogP contribution in [-0.4, -0.2) is 46.3 Å². The highest BCUT2D eigenvalue weighted by atomic mass is 32.1. The number of rotatable bonds is 5. The standard InChI is InChI=1S/C15H17N3O4S/c19-13-5-16-3-1-11(13)15(20)18-12-2-4-21-7-14(12)22-6-10-8-23-9-17-10/h1,3,5,8-9,12,14,19H,2,4,6-7H2,(H,18,20)/t12-,14-/m1/s1. The first-order chi connectivity index (χ1) is 11.2. The molecule has 0 aliphatic carbocycles. The van der Waals surface area contributed by atoms with Crippen molar-refractivity contribution in [3.63, 3.8) is 0 Å². The van der Waals surface area contributed by atoms with Gasteiger partial charge in [-0.1, -0.05) is 0 Å². The third-order valence-electron chi connectivity index (χ3n) is 3.59. The summed E-state index contributed by atoms with van der Waals surface area (Å²) >= 11 is 1.51. The minimum atomic E-state index is -0.348. The van der Waals surface area contributed by atoms with Crippen LogP contribution in [0.15, 0.2) is 29.4 Å². The van der Waals surface area contributed by atoms with Gasteiger partial charge in [0.05, 0.1) is 42.2 Å². The van der Waals surface area contributed by atoms with Crippen LogP contribution in [0.25, 0.3) is 0 Å². The zero-order valence-corrected chi connectivity index (χ0v) is 13.2. The first-order valence-electron chi connectivity index (χ1n) is 7.24. The van der Waals surface area contributed by atoms with E-state index in [4.69, 9.17) is 9.47 Å². The fraction of sp³-hybridized carbons (Fsp3) is 0.400. The molecular formula is C15H17N3O4S. The molecule has 0 saturated carbocycles. The molecule has 1 aliphatic rings. The molecule has 0 spiro atoms. The molecule has 0 aromatic carbocycles. The molecule has 2 aromatic heterocycles. The van der Waals surface area contributed by atoms with Crippen LogP contribution in [0.2, 0.25) is 0 Å². The molecule has 3 heterocycles. The minimum Gasteiger partial charge on any atom is -0.505 e. The number of nitrogens with one attached hydrogen (secondary N) is 1. The molecule has 1 saturated heterocycles. The van der Waals surface area contributed by atoms with Crippen LogP contribution in [0.3, 0.4) is 0 Å². The fourth-order valence-electron chi connectivity index (χ4n) is 2.37. The largest absolute Gasteiger partial charge is 0.505 e. The van der Waals surface area contributed by atoms with Gasteiger partial charge in [-0.05, 0) is 12.5 Å². The van der Waals surface area contributed by atoms with Crippen LogP contribution in [0.1, 0.15) is 22.5 Å². The summed E-state index contributed by atoms with van der Waals surface area (Å²) in [6.07, 6.45) is 3.11. The van der Waals surface area contributed by atoms with E-state index in [1.54, 1.807) is 5.51 Å². The Morgan fingerprint density at radius 3 is 3.26 bits per heavy atom. The number of aromatic hydroxyl groups is 1. The van der Waals surface area contributed by atoms with Crippen molar-refractivity contribution in [3.05, 3.63) is 40.6 Å². The Labute approximate surface area is 137 Å². The van der Waals surface area contributed by atoms with Crippen molar-refractivity contribution < 1.29 is 19.4 Å². The second-order valence-electron chi connectivity index (χ2n) is 5.17. The quantitative estimate of drug-likeness (QED) is 0.857. The van der Waals surface area contributed by atoms with Crippen molar-refractivity contribution in [1.82, 2.24) is 15.3 Å². The molecule has 1 aliphatic heterocycles. The monoisotopic (exact) mass is 335 g/mol. The molecule has 0 unspecified atom stereocenters. The van der Waals surface area contributed by atoms with Crippen LogP contribution in [-0.2, 0) is 16.1 Å². The van der Waals surface area contributed by atoms with E-state index in [0.717, 1.165) is 5.69 Å². The van der Waals surface area contributed by atoms with Gasteiger partial charge in [0.2, 0.25) is 0 Å². The predicted octanol–water partition coefficient (Wildman–Crippen LogP) is 1.35. The van der Waals surface area contributed by atoms with Crippen molar-refractivity contribution in [3.8, 4) is 5.75 Å². The molecule has 1 fully saturated rings. The number of ether oxygens (including phenoxy) is 2. The number of pyridine rings is 1. The summed E-state index contributed by atoms with van der Waals surface area (Å²) in [5.41, 5.74) is 2.81. The highest BCUT2D eigenvalue weighted by molar-refractivity contribution is 7.07. The summed E-state index contributed by atoms with van der Waals surface area (Å²) in [5, 5.41) is 14.5. The van der Waals surface area contributed by atoms with Gasteiger partial charge < -0.3 is 19.9 Å². The lowest BCUT2D eigenvalue weighted by atomic mass is 10.1. The number of carbonyl (C=O) groups is 1. The Morgan fingerprint density at radius 2 is 2.48 bits per heavy atom. The Hall–Kier alpha value is -2.03. The van der Waals surface area contributed by atoms with Crippen molar-refractivity contribution in [2.75, 3.05) is 13.2 Å². The summed E-state index contributed by atoms with van der Waals surface area (Å²) in [5.74, 6) is -0.490. The lowest BCUT2D eigenvalue weighted by Gasteiger charge is -2.32. The van der Waals surface area contributed by atoms with E-state index in [2.05, 4.69) is 15.3 Å². The molecule has 122 valence electrons. The highest BCUT2D eigenvalue weighted by Crippen LogP contribution is 2.17. The zero-order valence-electron chi connectivity index (χ0n) is 12.3. The highest BCUT2D eigenvalue weighted by Gasteiger charge is 2.29. The van der Waals surface area contributed by atoms with E-state index >= 15 is 0 Å². The van der Waals surface area contributed by atoms with Crippen LogP contribution in [0, 0.1) is 0 Å². The molecule has 0 bridgehead atoms. The average molecular weight is 335 g/mol. The first-order valence-corrected chi connectivity index (χ1v) is 8.18. The number of amides is 1. The van der Waals surface area contributed by atoms with E-state index < -0.39 is 0 Å². The van der Waals surface area contributed by atoms with E-state index in [-0.39, 0.29) is 29.4 Å². The Kier molecular flexibility index (Phi) is 5.16. The third-order valence-corrected chi connectivity index (χ3v) is 4.23. The van der Waals surface area contributed by atoms with Crippen LogP contribution in [0.4, 0.5) is 0 Å². The van der Waals surface area contributed by atoms with E-state index in [9.17, 15) is 9.90 Å². The Balaban J connectivity index is 1.62. The van der Waals surface area contributed by atoms with E-state index in [1.165, 1.54) is 29.8 Å². The van der Waals surface area contributed by atoms with Crippen LogP contribution in [0.5, 0.6) is 5.75 Å². The van der Waals surface area contributed by atoms with Gasteiger partial charge in [-0.2, -0.15) is 0 Å². The third kappa shape index (κ3) is 4.04. The molecule has 3 rings (SSSR count). The first kappa shape index (κ1) is 15.9. The van der Waals surface area contributed by atoms with Gasteiger partial charge in [0.25, 0.3) is 5.91 Å². The smallest absolute Gasteiger partial charge is 0.255 e. The molecular weight excluding hydrogens is 318 g/mol. The van der Waals surface area contributed by atoms with Crippen LogP contribution < -0.4 is 5.32 Å². The number of hydrogen-bond acceptors (Lipinski definition) is 7. The fourth-order valence-corrected chi connectivity index (χ4v) is 2.91. The van der Waals surface area contributed by atoms with Gasteiger partial charge in [-0.15, -0.1) is 11.3 Å². The molecule has 1 amide bonds. The second-order valence-corrected chi connectivity index (χ2v) is 5.88. The maximum atomic E-state index is 12.3. The molecule has 8 heteroatoms. The number of hydrogen-bond donors (Lipinski definition) is 2. The maximum Gasteiger partial charge on any atom is 0.255 e. The van der Waals surface area contributed by atoms with E-state index in [0.29, 0.717) is 26.2 Å². The average Bonchev–Trinajstić information content (AvgIpc) is 3.08. The summed E-state index contributed by atoms with van der Waals surface area (Å²) < 4.78 is 11.3. The number of aromatic nitrogens is 2. The van der Waals surface area contributed by atoms with Gasteiger partial charge in [0, 0.05) is 18.2 Å². The zero-order chi connectivity index (χ0) is 16.1. The SMILES string of the molecule is O=C(N[C@@H]1CCOC[C@H]1OCc1cscn1)c1ccncc1O. The lowest BCUT2D eigenvalue weighted by molar-refractivity contribution is -0.0742. The minimum absolute atomic E-state index is 0.142. The lowest BCUT2D eigenvalue weighted by Crippen LogP contribution is -2.50. The Morgan fingerprint density at radius 1 is 1.57 bits per heavy atom. The van der Waals surface area contributed by atoms with E-state index in [1.807, 2.05) is 5.38 Å². The van der Waals surface area contributed by atoms with Crippen molar-refractivity contribution >= 4 is 17.2 Å². The van der Waals surface area contributed by atoms with Gasteiger partial charge in [0.15, 0.2) is 0 Å². The van der Waals surface area contributed by atoms with Gasteiger partial charge in [-0.3, -0.25) is 9.78 Å². The second kappa shape index (κ2) is 7.49. The topological polar surface area (TPSA) is 93.6 Å².